The van der Waals surface area contributed by atoms with Crippen LogP contribution in [0.4, 0.5) is 57.1 Å². The minimum Gasteiger partial charge on any atom is -0.493 e. The number of aliphatic hydroxyl groups is 1. The van der Waals surface area contributed by atoms with Crippen molar-refractivity contribution in [1.82, 2.24) is 0 Å². The molecule has 0 aromatic heterocycles. The lowest BCUT2D eigenvalue weighted by Gasteiger charge is -2.40. The van der Waals surface area contributed by atoms with Gasteiger partial charge in [-0.2, -0.15) is 57.1 Å². The van der Waals surface area contributed by atoms with Gasteiger partial charge in [0.25, 0.3) is 0 Å². The first-order chi connectivity index (χ1) is 14.5. The van der Waals surface area contributed by atoms with Crippen LogP contribution in [0.1, 0.15) is 31.9 Å². The topological polar surface area (TPSA) is 29.5 Å². The molecule has 2 nitrogen and oxygen atoms in total. The molecule has 1 aromatic carbocycles. The van der Waals surface area contributed by atoms with Gasteiger partial charge in [0.2, 0.25) is 0 Å². The molecule has 1 atom stereocenters. The second-order valence-electron chi connectivity index (χ2n) is 7.46. The van der Waals surface area contributed by atoms with Crippen molar-refractivity contribution in [2.45, 2.75) is 62.2 Å². The number of aliphatic hydroxyl groups excluding tert-OH is 1. The molecule has 15 heteroatoms. The van der Waals surface area contributed by atoms with E-state index in [2.05, 4.69) is 0 Å². The van der Waals surface area contributed by atoms with E-state index >= 15 is 0 Å². The third kappa shape index (κ3) is 5.11. The van der Waals surface area contributed by atoms with Gasteiger partial charge in [-0.1, -0.05) is 32.0 Å². The van der Waals surface area contributed by atoms with Crippen molar-refractivity contribution < 1.29 is 66.9 Å². The predicted octanol–water partition coefficient (Wildman–Crippen LogP) is 6.88. The van der Waals surface area contributed by atoms with Gasteiger partial charge in [0.05, 0.1) is 12.7 Å². The van der Waals surface area contributed by atoms with Crippen molar-refractivity contribution in [2.75, 3.05) is 6.61 Å². The summed E-state index contributed by atoms with van der Waals surface area (Å²) in [4.78, 5) is 0. The molecule has 1 rings (SSSR count). The summed E-state index contributed by atoms with van der Waals surface area (Å²) in [5, 5.41) is 9.87. The SMILES string of the molecule is CC(C)COc1ccccc1C(O)CC(F)(F)C(F)(F)C(F)(F)C(F)(F)C(F)(F)C(F)(F)F. The molecule has 0 saturated heterocycles. The molecular weight excluding hydrogens is 495 g/mol. The third-order valence-electron chi connectivity index (χ3n) is 4.30. The quantitative estimate of drug-likeness (QED) is 0.347. The zero-order chi connectivity index (χ0) is 26.3. The number of benzene rings is 1. The molecule has 0 heterocycles. The Morgan fingerprint density at radius 2 is 1.18 bits per heavy atom. The molecule has 1 unspecified atom stereocenters. The number of ether oxygens (including phenoxy) is 1. The van der Waals surface area contributed by atoms with Crippen LogP contribution >= 0.6 is 0 Å². The lowest BCUT2D eigenvalue weighted by Crippen LogP contribution is -2.70. The van der Waals surface area contributed by atoms with E-state index in [1.54, 1.807) is 13.8 Å². The van der Waals surface area contributed by atoms with Gasteiger partial charge in [0.1, 0.15) is 5.75 Å². The van der Waals surface area contributed by atoms with E-state index in [-0.39, 0.29) is 18.3 Å². The summed E-state index contributed by atoms with van der Waals surface area (Å²) in [5.41, 5.74) is -0.677. The predicted molar refractivity (Wildman–Crippen MR) is 87.1 cm³/mol. The molecule has 0 saturated carbocycles. The smallest absolute Gasteiger partial charge is 0.460 e. The highest BCUT2D eigenvalue weighted by Gasteiger charge is 2.90. The fraction of sp³-hybridized carbons (Fsp3) is 0.667. The van der Waals surface area contributed by atoms with Crippen LogP contribution in [-0.4, -0.2) is 47.5 Å². The Morgan fingerprint density at radius 1 is 0.727 bits per heavy atom. The van der Waals surface area contributed by atoms with E-state index in [0.29, 0.717) is 0 Å². The maximum Gasteiger partial charge on any atom is 0.460 e. The van der Waals surface area contributed by atoms with Crippen LogP contribution in [0.3, 0.4) is 0 Å². The maximum atomic E-state index is 14.0. The molecule has 1 N–H and O–H groups in total. The fourth-order valence-corrected chi connectivity index (χ4v) is 2.43. The summed E-state index contributed by atoms with van der Waals surface area (Å²) in [6, 6.07) is 4.21. The summed E-state index contributed by atoms with van der Waals surface area (Å²) in [6.07, 6.45) is -13.0. The summed E-state index contributed by atoms with van der Waals surface area (Å²) in [5.74, 6) is -38.0. The van der Waals surface area contributed by atoms with Gasteiger partial charge in [-0.25, -0.2) is 0 Å². The van der Waals surface area contributed by atoms with Crippen molar-refractivity contribution in [3.63, 3.8) is 0 Å². The van der Waals surface area contributed by atoms with Crippen LogP contribution in [0.5, 0.6) is 5.75 Å². The Balaban J connectivity index is 3.34. The van der Waals surface area contributed by atoms with E-state index in [9.17, 15) is 62.2 Å². The Morgan fingerprint density at radius 3 is 1.64 bits per heavy atom. The minimum atomic E-state index is -7.98. The molecule has 1 aromatic rings. The Hall–Kier alpha value is -1.93. The highest BCUT2D eigenvalue weighted by Crippen LogP contribution is 2.61. The summed E-state index contributed by atoms with van der Waals surface area (Å²) >= 11 is 0. The van der Waals surface area contributed by atoms with Gasteiger partial charge in [-0.15, -0.1) is 0 Å². The second kappa shape index (κ2) is 9.02. The van der Waals surface area contributed by atoms with E-state index in [4.69, 9.17) is 4.74 Å². The molecular formula is C18H17F13O2. The van der Waals surface area contributed by atoms with Crippen molar-refractivity contribution in [3.8, 4) is 5.75 Å². The van der Waals surface area contributed by atoms with Gasteiger partial charge in [-0.3, -0.25) is 0 Å². The molecule has 33 heavy (non-hydrogen) atoms. The van der Waals surface area contributed by atoms with Crippen LogP contribution in [0.25, 0.3) is 0 Å². The molecule has 0 bridgehead atoms. The summed E-state index contributed by atoms with van der Waals surface area (Å²) < 4.78 is 176. The largest absolute Gasteiger partial charge is 0.493 e. The van der Waals surface area contributed by atoms with Gasteiger partial charge >= 0.3 is 35.8 Å². The second-order valence-corrected chi connectivity index (χ2v) is 7.46. The average Bonchev–Trinajstić information content (AvgIpc) is 2.64. The van der Waals surface area contributed by atoms with Crippen molar-refractivity contribution in [3.05, 3.63) is 29.8 Å². The lowest BCUT2D eigenvalue weighted by atomic mass is 9.90. The zero-order valence-electron chi connectivity index (χ0n) is 16.6. The molecule has 0 aliphatic carbocycles. The van der Waals surface area contributed by atoms with Gasteiger partial charge < -0.3 is 9.84 Å². The number of alkyl halides is 13. The zero-order valence-corrected chi connectivity index (χ0v) is 16.6. The highest BCUT2D eigenvalue weighted by molar-refractivity contribution is 5.35. The molecule has 192 valence electrons. The average molecular weight is 512 g/mol. The van der Waals surface area contributed by atoms with Gasteiger partial charge in [0.15, 0.2) is 0 Å². The lowest BCUT2D eigenvalue weighted by molar-refractivity contribution is -0.440. The van der Waals surface area contributed by atoms with E-state index in [1.807, 2.05) is 0 Å². The van der Waals surface area contributed by atoms with Crippen LogP contribution in [0.15, 0.2) is 24.3 Å². The normalized spacial score (nSPS) is 15.7. The summed E-state index contributed by atoms with van der Waals surface area (Å²) in [7, 11) is 0. The highest BCUT2D eigenvalue weighted by atomic mass is 19.4. The Bertz CT molecular complexity index is 803. The third-order valence-corrected chi connectivity index (χ3v) is 4.30. The van der Waals surface area contributed by atoms with Crippen LogP contribution in [0, 0.1) is 5.92 Å². The monoisotopic (exact) mass is 512 g/mol. The van der Waals surface area contributed by atoms with E-state index in [0.717, 1.165) is 18.2 Å². The van der Waals surface area contributed by atoms with Gasteiger partial charge in [0, 0.05) is 12.0 Å². The number of hydrogen-bond donors (Lipinski definition) is 1. The Kier molecular flexibility index (Phi) is 7.96. The first kappa shape index (κ1) is 29.1. The fourth-order valence-electron chi connectivity index (χ4n) is 2.43. The first-order valence-corrected chi connectivity index (χ1v) is 8.90. The van der Waals surface area contributed by atoms with Crippen LogP contribution in [-0.2, 0) is 0 Å². The number of halogens is 13. The van der Waals surface area contributed by atoms with E-state index in [1.165, 1.54) is 6.07 Å². The number of hydrogen-bond acceptors (Lipinski definition) is 2. The van der Waals surface area contributed by atoms with E-state index < -0.39 is 53.9 Å². The van der Waals surface area contributed by atoms with Crippen LogP contribution in [0.2, 0.25) is 0 Å². The van der Waals surface area contributed by atoms with Crippen molar-refractivity contribution in [1.29, 1.82) is 0 Å². The molecule has 0 amide bonds. The molecule has 0 spiro atoms. The Labute approximate surface area is 178 Å². The van der Waals surface area contributed by atoms with Crippen molar-refractivity contribution in [2.24, 2.45) is 5.92 Å². The minimum absolute atomic E-state index is 0.0902. The first-order valence-electron chi connectivity index (χ1n) is 8.90. The number of para-hydroxylation sites is 1. The standard InChI is InChI=1S/C18H17F13O2/c1-9(2)8-33-12-6-4-3-5-10(12)11(32)7-13(19,20)14(21,22)15(23,24)16(25,26)17(27,28)18(29,30)31/h3-6,9,11,32H,7-8H2,1-2H3. The van der Waals surface area contributed by atoms with Crippen LogP contribution < -0.4 is 4.74 Å². The van der Waals surface area contributed by atoms with Crippen molar-refractivity contribution >= 4 is 0 Å². The molecule has 0 radical (unpaired) electrons. The number of rotatable bonds is 10. The van der Waals surface area contributed by atoms with Gasteiger partial charge in [-0.05, 0) is 12.0 Å². The molecule has 0 fully saturated rings. The molecule has 0 aliphatic rings. The maximum absolute atomic E-state index is 14.0. The summed E-state index contributed by atoms with van der Waals surface area (Å²) in [6.45, 7) is 3.17. The molecule has 0 aliphatic heterocycles.